The standard InChI is InChI=1S/C20H23N3O5/c1-27-16-5-2-14(3-6-16)20(8-10-28-11-9-20)13-22-18-7-4-15(23(25)26)12-17(18)19(21)24/h2-7,12,22H,8-11,13H2,1H3,(H2,21,24). The number of nitrogens with one attached hydrogen (secondary N) is 1. The number of primary amides is 1. The van der Waals surface area contributed by atoms with E-state index in [1.807, 2.05) is 24.3 Å². The first-order valence-electron chi connectivity index (χ1n) is 8.99. The van der Waals surface area contributed by atoms with Crippen molar-refractivity contribution in [2.75, 3.05) is 32.2 Å². The van der Waals surface area contributed by atoms with Crippen LogP contribution in [0.3, 0.4) is 0 Å². The van der Waals surface area contributed by atoms with Gasteiger partial charge in [-0.05, 0) is 36.6 Å². The molecule has 0 aliphatic carbocycles. The molecule has 1 saturated heterocycles. The van der Waals surface area contributed by atoms with Crippen LogP contribution in [-0.4, -0.2) is 37.7 Å². The van der Waals surface area contributed by atoms with Crippen molar-refractivity contribution in [1.29, 1.82) is 0 Å². The van der Waals surface area contributed by atoms with Crippen LogP contribution >= 0.6 is 0 Å². The second-order valence-corrected chi connectivity index (χ2v) is 6.83. The normalized spacial score (nSPS) is 15.6. The number of anilines is 1. The van der Waals surface area contributed by atoms with E-state index in [-0.39, 0.29) is 16.7 Å². The van der Waals surface area contributed by atoms with Crippen molar-refractivity contribution in [3.8, 4) is 5.75 Å². The van der Waals surface area contributed by atoms with Crippen LogP contribution in [0.15, 0.2) is 42.5 Å². The van der Waals surface area contributed by atoms with E-state index in [1.165, 1.54) is 18.2 Å². The van der Waals surface area contributed by atoms with Gasteiger partial charge in [-0.2, -0.15) is 0 Å². The maximum atomic E-state index is 11.8. The van der Waals surface area contributed by atoms with Crippen LogP contribution in [0.25, 0.3) is 0 Å². The van der Waals surface area contributed by atoms with Gasteiger partial charge in [-0.1, -0.05) is 12.1 Å². The van der Waals surface area contributed by atoms with Gasteiger partial charge in [0.15, 0.2) is 0 Å². The lowest BCUT2D eigenvalue weighted by molar-refractivity contribution is -0.384. The Morgan fingerprint density at radius 1 is 1.25 bits per heavy atom. The molecule has 1 aliphatic rings. The Morgan fingerprint density at radius 2 is 1.93 bits per heavy atom. The molecule has 8 nitrogen and oxygen atoms in total. The van der Waals surface area contributed by atoms with Gasteiger partial charge in [0.1, 0.15) is 5.75 Å². The maximum absolute atomic E-state index is 11.8. The molecule has 0 bridgehead atoms. The predicted molar refractivity (Wildman–Crippen MR) is 105 cm³/mol. The summed E-state index contributed by atoms with van der Waals surface area (Å²) in [4.78, 5) is 22.2. The zero-order valence-corrected chi connectivity index (χ0v) is 15.6. The third kappa shape index (κ3) is 4.07. The highest BCUT2D eigenvalue weighted by atomic mass is 16.6. The van der Waals surface area contributed by atoms with Crippen molar-refractivity contribution in [3.63, 3.8) is 0 Å². The molecule has 1 aliphatic heterocycles. The Labute approximate surface area is 162 Å². The van der Waals surface area contributed by atoms with Gasteiger partial charge >= 0.3 is 0 Å². The molecule has 1 fully saturated rings. The third-order valence-electron chi connectivity index (χ3n) is 5.25. The van der Waals surface area contributed by atoms with E-state index in [0.29, 0.717) is 25.4 Å². The van der Waals surface area contributed by atoms with Gasteiger partial charge in [0.25, 0.3) is 11.6 Å². The van der Waals surface area contributed by atoms with E-state index >= 15 is 0 Å². The maximum Gasteiger partial charge on any atom is 0.270 e. The summed E-state index contributed by atoms with van der Waals surface area (Å²) in [6, 6.07) is 12.0. The highest BCUT2D eigenvalue weighted by molar-refractivity contribution is 5.99. The number of amides is 1. The molecule has 28 heavy (non-hydrogen) atoms. The van der Waals surface area contributed by atoms with Crippen molar-refractivity contribution in [2.45, 2.75) is 18.3 Å². The predicted octanol–water partition coefficient (Wildman–Crippen LogP) is 2.86. The van der Waals surface area contributed by atoms with Crippen LogP contribution in [0.1, 0.15) is 28.8 Å². The molecule has 3 N–H and O–H groups in total. The number of hydrogen-bond donors (Lipinski definition) is 2. The summed E-state index contributed by atoms with van der Waals surface area (Å²) in [5, 5.41) is 14.3. The number of ether oxygens (including phenoxy) is 2. The number of carbonyl (C=O) groups is 1. The highest BCUT2D eigenvalue weighted by Gasteiger charge is 2.34. The molecular weight excluding hydrogens is 362 g/mol. The molecule has 2 aromatic rings. The summed E-state index contributed by atoms with van der Waals surface area (Å²) in [6.07, 6.45) is 1.62. The minimum Gasteiger partial charge on any atom is -0.497 e. The zero-order valence-electron chi connectivity index (χ0n) is 15.6. The van der Waals surface area contributed by atoms with E-state index in [1.54, 1.807) is 7.11 Å². The van der Waals surface area contributed by atoms with Crippen LogP contribution < -0.4 is 15.8 Å². The van der Waals surface area contributed by atoms with E-state index in [4.69, 9.17) is 15.2 Å². The largest absolute Gasteiger partial charge is 0.497 e. The van der Waals surface area contributed by atoms with Gasteiger partial charge in [0, 0.05) is 43.0 Å². The van der Waals surface area contributed by atoms with Crippen molar-refractivity contribution >= 4 is 17.3 Å². The Hall–Kier alpha value is -3.13. The molecule has 0 saturated carbocycles. The summed E-state index contributed by atoms with van der Waals surface area (Å²) < 4.78 is 10.8. The average molecular weight is 385 g/mol. The number of methoxy groups -OCH3 is 1. The lowest BCUT2D eigenvalue weighted by atomic mass is 9.74. The van der Waals surface area contributed by atoms with Crippen LogP contribution in [0.2, 0.25) is 0 Å². The van der Waals surface area contributed by atoms with Crippen molar-refractivity contribution < 1.29 is 19.2 Å². The fourth-order valence-corrected chi connectivity index (χ4v) is 3.54. The molecule has 1 heterocycles. The fourth-order valence-electron chi connectivity index (χ4n) is 3.54. The third-order valence-corrected chi connectivity index (χ3v) is 5.25. The average Bonchev–Trinajstić information content (AvgIpc) is 2.72. The Balaban J connectivity index is 1.88. The quantitative estimate of drug-likeness (QED) is 0.559. The summed E-state index contributed by atoms with van der Waals surface area (Å²) in [5.74, 6) is 0.0713. The molecule has 148 valence electrons. The van der Waals surface area contributed by atoms with Gasteiger partial charge in [0.05, 0.1) is 17.6 Å². The first kappa shape index (κ1) is 19.6. The highest BCUT2D eigenvalue weighted by Crippen LogP contribution is 2.36. The number of rotatable bonds is 7. The van der Waals surface area contributed by atoms with Gasteiger partial charge < -0.3 is 20.5 Å². The van der Waals surface area contributed by atoms with E-state index in [9.17, 15) is 14.9 Å². The summed E-state index contributed by atoms with van der Waals surface area (Å²) >= 11 is 0. The van der Waals surface area contributed by atoms with Crippen LogP contribution in [0, 0.1) is 10.1 Å². The minimum absolute atomic E-state index is 0.103. The lowest BCUT2D eigenvalue weighted by Gasteiger charge is -2.38. The molecule has 0 radical (unpaired) electrons. The van der Waals surface area contributed by atoms with Gasteiger partial charge in [0.2, 0.25) is 0 Å². The van der Waals surface area contributed by atoms with Crippen molar-refractivity contribution in [3.05, 3.63) is 63.7 Å². The number of non-ortho nitro benzene ring substituents is 1. The minimum atomic E-state index is -0.711. The second-order valence-electron chi connectivity index (χ2n) is 6.83. The molecule has 1 amide bonds. The first-order valence-corrected chi connectivity index (χ1v) is 8.99. The molecule has 8 heteroatoms. The molecular formula is C20H23N3O5. The number of nitrogens with zero attached hydrogens (tertiary/aromatic N) is 1. The number of nitrogens with two attached hydrogens (primary N) is 1. The molecule has 0 unspecified atom stereocenters. The van der Waals surface area contributed by atoms with E-state index in [2.05, 4.69) is 5.32 Å². The molecule has 0 aromatic heterocycles. The van der Waals surface area contributed by atoms with E-state index < -0.39 is 10.8 Å². The van der Waals surface area contributed by atoms with Gasteiger partial charge in [-0.3, -0.25) is 14.9 Å². The second kappa shape index (κ2) is 8.26. The molecule has 0 atom stereocenters. The number of nitro groups is 1. The van der Waals surface area contributed by atoms with Crippen molar-refractivity contribution in [2.24, 2.45) is 5.73 Å². The molecule has 3 rings (SSSR count). The van der Waals surface area contributed by atoms with Crippen LogP contribution in [0.5, 0.6) is 5.75 Å². The number of hydrogen-bond acceptors (Lipinski definition) is 6. The lowest BCUT2D eigenvalue weighted by Crippen LogP contribution is -2.40. The Bertz CT molecular complexity index is 861. The van der Waals surface area contributed by atoms with Crippen LogP contribution in [-0.2, 0) is 10.2 Å². The van der Waals surface area contributed by atoms with Gasteiger partial charge in [-0.15, -0.1) is 0 Å². The van der Waals surface area contributed by atoms with Gasteiger partial charge in [-0.25, -0.2) is 0 Å². The monoisotopic (exact) mass is 385 g/mol. The van der Waals surface area contributed by atoms with E-state index in [0.717, 1.165) is 24.2 Å². The fraction of sp³-hybridized carbons (Fsp3) is 0.350. The number of benzene rings is 2. The summed E-state index contributed by atoms with van der Waals surface area (Å²) in [6.45, 7) is 1.81. The molecule has 2 aromatic carbocycles. The Kier molecular flexibility index (Phi) is 5.79. The summed E-state index contributed by atoms with van der Waals surface area (Å²) in [7, 11) is 1.63. The molecule has 0 spiro atoms. The van der Waals surface area contributed by atoms with Crippen LogP contribution in [0.4, 0.5) is 11.4 Å². The zero-order chi connectivity index (χ0) is 20.1. The topological polar surface area (TPSA) is 117 Å². The number of nitro benzene ring substituents is 1. The number of carbonyl (C=O) groups excluding carboxylic acids is 1. The first-order chi connectivity index (χ1) is 13.4. The summed E-state index contributed by atoms with van der Waals surface area (Å²) in [5.41, 5.74) is 6.80. The Morgan fingerprint density at radius 3 is 2.50 bits per heavy atom. The van der Waals surface area contributed by atoms with Crippen molar-refractivity contribution in [1.82, 2.24) is 0 Å². The smallest absolute Gasteiger partial charge is 0.270 e. The SMILES string of the molecule is COc1ccc(C2(CNc3ccc([N+](=O)[O-])cc3C(N)=O)CCOCC2)cc1.